The van der Waals surface area contributed by atoms with E-state index in [0.717, 1.165) is 23.3 Å². The first-order valence-electron chi connectivity index (χ1n) is 5.95. The van der Waals surface area contributed by atoms with Gasteiger partial charge in [-0.1, -0.05) is 6.07 Å². The number of aromatic carboxylic acids is 1. The van der Waals surface area contributed by atoms with Gasteiger partial charge in [-0.05, 0) is 43.2 Å². The van der Waals surface area contributed by atoms with Crippen molar-refractivity contribution in [2.75, 3.05) is 5.73 Å². The molecule has 0 aromatic heterocycles. The number of hydrogen-bond acceptors (Lipinski definition) is 3. The molecule has 0 atom stereocenters. The van der Waals surface area contributed by atoms with E-state index in [4.69, 9.17) is 15.6 Å². The molecule has 0 bridgehead atoms. The largest absolute Gasteiger partial charge is 0.478 e. The first kappa shape index (κ1) is 13.9. The van der Waals surface area contributed by atoms with Crippen LogP contribution in [0, 0.1) is 19.7 Å². The van der Waals surface area contributed by atoms with Crippen molar-refractivity contribution in [2.45, 2.75) is 13.8 Å². The highest BCUT2D eigenvalue weighted by molar-refractivity contribution is 5.89. The standard InChI is InChI=1S/C15H14FNO3/c1-8-3-9(2)5-10(4-8)20-14-7-12(16)11(15(18)19)6-13(14)17/h3-7H,17H2,1-2H3,(H,18,19). The van der Waals surface area contributed by atoms with Crippen LogP contribution in [0.15, 0.2) is 30.3 Å². The average Bonchev–Trinajstić information content (AvgIpc) is 2.31. The van der Waals surface area contributed by atoms with Gasteiger partial charge in [0, 0.05) is 6.07 Å². The van der Waals surface area contributed by atoms with E-state index in [-0.39, 0.29) is 11.4 Å². The number of ether oxygens (including phenoxy) is 1. The van der Waals surface area contributed by atoms with Crippen molar-refractivity contribution in [3.8, 4) is 11.5 Å². The van der Waals surface area contributed by atoms with Crippen molar-refractivity contribution in [1.82, 2.24) is 0 Å². The first-order valence-corrected chi connectivity index (χ1v) is 5.95. The minimum absolute atomic E-state index is 0.0722. The van der Waals surface area contributed by atoms with Crippen LogP contribution < -0.4 is 10.5 Å². The van der Waals surface area contributed by atoms with E-state index < -0.39 is 17.3 Å². The summed E-state index contributed by atoms with van der Waals surface area (Å²) in [5, 5.41) is 8.81. The first-order chi connectivity index (χ1) is 9.36. The lowest BCUT2D eigenvalue weighted by Gasteiger charge is -2.11. The summed E-state index contributed by atoms with van der Waals surface area (Å²) in [5.74, 6) is -1.63. The maximum absolute atomic E-state index is 13.6. The quantitative estimate of drug-likeness (QED) is 0.841. The highest BCUT2D eigenvalue weighted by atomic mass is 19.1. The van der Waals surface area contributed by atoms with Crippen molar-refractivity contribution >= 4 is 11.7 Å². The number of benzene rings is 2. The topological polar surface area (TPSA) is 72.5 Å². The Morgan fingerprint density at radius 1 is 1.15 bits per heavy atom. The van der Waals surface area contributed by atoms with Crippen LogP contribution in [0.5, 0.6) is 11.5 Å². The summed E-state index contributed by atoms with van der Waals surface area (Å²) in [6, 6.07) is 7.58. The van der Waals surface area contributed by atoms with Gasteiger partial charge in [0.1, 0.15) is 11.6 Å². The number of nitrogens with two attached hydrogens (primary N) is 1. The molecule has 0 fully saturated rings. The lowest BCUT2D eigenvalue weighted by Crippen LogP contribution is -2.03. The molecule has 0 saturated carbocycles. The molecule has 4 nitrogen and oxygen atoms in total. The van der Waals surface area contributed by atoms with Crippen molar-refractivity contribution < 1.29 is 19.0 Å². The zero-order valence-corrected chi connectivity index (χ0v) is 11.1. The molecule has 0 saturated heterocycles. The zero-order valence-electron chi connectivity index (χ0n) is 11.1. The molecule has 0 heterocycles. The van der Waals surface area contributed by atoms with E-state index in [0.29, 0.717) is 5.75 Å². The molecule has 0 unspecified atom stereocenters. The van der Waals surface area contributed by atoms with Crippen LogP contribution in [-0.2, 0) is 0 Å². The third-order valence-electron chi connectivity index (χ3n) is 2.75. The van der Waals surface area contributed by atoms with Crippen LogP contribution >= 0.6 is 0 Å². The van der Waals surface area contributed by atoms with Crippen molar-refractivity contribution in [3.63, 3.8) is 0 Å². The molecular weight excluding hydrogens is 261 g/mol. The van der Waals surface area contributed by atoms with Gasteiger partial charge in [0.15, 0.2) is 5.75 Å². The van der Waals surface area contributed by atoms with Gasteiger partial charge < -0.3 is 15.6 Å². The van der Waals surface area contributed by atoms with Crippen LogP contribution in [0.25, 0.3) is 0 Å². The molecule has 0 radical (unpaired) electrons. The van der Waals surface area contributed by atoms with E-state index in [9.17, 15) is 9.18 Å². The maximum atomic E-state index is 13.6. The summed E-state index contributed by atoms with van der Waals surface area (Å²) in [6.45, 7) is 3.83. The molecule has 2 aromatic rings. The SMILES string of the molecule is Cc1cc(C)cc(Oc2cc(F)c(C(=O)O)cc2N)c1. The fourth-order valence-electron chi connectivity index (χ4n) is 1.94. The minimum atomic E-state index is -1.37. The van der Waals surface area contributed by atoms with Gasteiger partial charge >= 0.3 is 5.97 Å². The molecule has 2 aromatic carbocycles. The van der Waals surface area contributed by atoms with Crippen LogP contribution in [0.2, 0.25) is 0 Å². The molecule has 0 aliphatic heterocycles. The van der Waals surface area contributed by atoms with Crippen LogP contribution in [0.3, 0.4) is 0 Å². The maximum Gasteiger partial charge on any atom is 0.338 e. The molecule has 104 valence electrons. The Bertz CT molecular complexity index is 663. The summed E-state index contributed by atoms with van der Waals surface area (Å²) < 4.78 is 19.2. The molecule has 5 heteroatoms. The predicted octanol–water partition coefficient (Wildman–Crippen LogP) is 3.52. The monoisotopic (exact) mass is 275 g/mol. The smallest absolute Gasteiger partial charge is 0.338 e. The Balaban J connectivity index is 2.39. The van der Waals surface area contributed by atoms with Gasteiger partial charge in [0.25, 0.3) is 0 Å². The summed E-state index contributed by atoms with van der Waals surface area (Å²) in [7, 11) is 0. The number of halogens is 1. The molecule has 0 amide bonds. The summed E-state index contributed by atoms with van der Waals surface area (Å²) in [6.07, 6.45) is 0. The lowest BCUT2D eigenvalue weighted by atomic mass is 10.1. The number of hydrogen-bond donors (Lipinski definition) is 2. The summed E-state index contributed by atoms with van der Waals surface area (Å²) in [5.41, 5.74) is 7.29. The second kappa shape index (κ2) is 5.21. The average molecular weight is 275 g/mol. The van der Waals surface area contributed by atoms with Gasteiger partial charge in [0.2, 0.25) is 0 Å². The third-order valence-corrected chi connectivity index (χ3v) is 2.75. The fourth-order valence-corrected chi connectivity index (χ4v) is 1.94. The van der Waals surface area contributed by atoms with Crippen molar-refractivity contribution in [1.29, 1.82) is 0 Å². The number of carbonyl (C=O) groups is 1. The van der Waals surface area contributed by atoms with E-state index in [1.165, 1.54) is 0 Å². The number of carboxylic acid groups (broad SMARTS) is 1. The number of anilines is 1. The van der Waals surface area contributed by atoms with Crippen LogP contribution in [0.1, 0.15) is 21.5 Å². The van der Waals surface area contributed by atoms with E-state index in [1.54, 1.807) is 12.1 Å². The minimum Gasteiger partial charge on any atom is -0.478 e. The van der Waals surface area contributed by atoms with Gasteiger partial charge in [-0.25, -0.2) is 9.18 Å². The predicted molar refractivity (Wildman–Crippen MR) is 73.8 cm³/mol. The van der Waals surface area contributed by atoms with Crippen molar-refractivity contribution in [2.24, 2.45) is 0 Å². The Kier molecular flexibility index (Phi) is 3.61. The normalized spacial score (nSPS) is 10.3. The molecule has 0 spiro atoms. The Labute approximate surface area is 115 Å². The van der Waals surface area contributed by atoms with E-state index in [1.807, 2.05) is 19.9 Å². The Morgan fingerprint density at radius 3 is 2.30 bits per heavy atom. The van der Waals surface area contributed by atoms with E-state index in [2.05, 4.69) is 0 Å². The van der Waals surface area contributed by atoms with Gasteiger partial charge in [-0.3, -0.25) is 0 Å². The molecule has 20 heavy (non-hydrogen) atoms. The van der Waals surface area contributed by atoms with Gasteiger partial charge in [0.05, 0.1) is 11.3 Å². The molecule has 3 N–H and O–H groups in total. The number of aryl methyl sites for hydroxylation is 2. The molecule has 2 rings (SSSR count). The van der Waals surface area contributed by atoms with E-state index >= 15 is 0 Å². The lowest BCUT2D eigenvalue weighted by molar-refractivity contribution is 0.0692. The second-order valence-electron chi connectivity index (χ2n) is 4.60. The Morgan fingerprint density at radius 2 is 1.75 bits per heavy atom. The highest BCUT2D eigenvalue weighted by Crippen LogP contribution is 2.31. The van der Waals surface area contributed by atoms with Gasteiger partial charge in [-0.2, -0.15) is 0 Å². The van der Waals surface area contributed by atoms with Gasteiger partial charge in [-0.15, -0.1) is 0 Å². The molecule has 0 aliphatic carbocycles. The summed E-state index contributed by atoms with van der Waals surface area (Å²) in [4.78, 5) is 10.8. The third kappa shape index (κ3) is 2.88. The van der Waals surface area contributed by atoms with Crippen molar-refractivity contribution in [3.05, 3.63) is 52.8 Å². The number of carboxylic acids is 1. The number of rotatable bonds is 3. The summed E-state index contributed by atoms with van der Waals surface area (Å²) >= 11 is 0. The zero-order chi connectivity index (χ0) is 14.9. The number of nitrogen functional groups attached to an aromatic ring is 1. The molecular formula is C15H14FNO3. The van der Waals surface area contributed by atoms with Crippen LogP contribution in [0.4, 0.5) is 10.1 Å². The van der Waals surface area contributed by atoms with Crippen LogP contribution in [-0.4, -0.2) is 11.1 Å². The fraction of sp³-hybridized carbons (Fsp3) is 0.133. The second-order valence-corrected chi connectivity index (χ2v) is 4.60. The highest BCUT2D eigenvalue weighted by Gasteiger charge is 2.15. The Hall–Kier alpha value is -2.56. The molecule has 0 aliphatic rings.